The average Bonchev–Trinajstić information content (AvgIpc) is 3.50. The number of aliphatic hydroxyl groups is 2. The zero-order chi connectivity index (χ0) is 26.6. The number of aliphatic hydroxyl groups excluding tert-OH is 2. The molecule has 8 heteroatoms. The standard InChI is InChI=1S/C30H36N2O6/c1-16-37-26-11-22-21-9-4-18-10-23-17(14-32(31-23)19-5-7-20(34)8-6-19)12-28(18,2)27(21)24(35)13-29(22,3)30(26,38-16)25(36)15-33/h5-8,10,14,16,21-22,24,26-27,33-35H,4,9,11-13,15H2,1-3H3/t16?,21-,22-,24-,26+,27+,28-,29-,30+/m0/s1. The van der Waals surface area contributed by atoms with Crippen molar-refractivity contribution in [2.75, 3.05) is 6.61 Å². The van der Waals surface area contributed by atoms with Crippen LogP contribution in [0.15, 0.2) is 36.0 Å². The Kier molecular flexibility index (Phi) is 5.17. The Morgan fingerprint density at radius 2 is 2.00 bits per heavy atom. The van der Waals surface area contributed by atoms with Crippen molar-refractivity contribution >= 4 is 11.9 Å². The maximum Gasteiger partial charge on any atom is 0.193 e. The van der Waals surface area contributed by atoms with E-state index in [1.165, 1.54) is 5.57 Å². The Bertz CT molecular complexity index is 1330. The summed E-state index contributed by atoms with van der Waals surface area (Å²) in [5.74, 6) is 0.316. The van der Waals surface area contributed by atoms with Crippen LogP contribution in [-0.2, 0) is 20.7 Å². The lowest BCUT2D eigenvalue weighted by Crippen LogP contribution is -2.63. The summed E-state index contributed by atoms with van der Waals surface area (Å²) in [5.41, 5.74) is 2.31. The molecule has 1 aromatic carbocycles. The number of hydrogen-bond donors (Lipinski definition) is 3. The molecule has 3 saturated carbocycles. The number of fused-ring (bicyclic) bond motifs is 8. The molecular weight excluding hydrogens is 484 g/mol. The third-order valence-corrected chi connectivity index (χ3v) is 10.9. The van der Waals surface area contributed by atoms with Crippen molar-refractivity contribution in [3.05, 3.63) is 47.3 Å². The molecule has 38 heavy (non-hydrogen) atoms. The summed E-state index contributed by atoms with van der Waals surface area (Å²) in [6.07, 6.45) is 6.58. The van der Waals surface area contributed by atoms with Crippen molar-refractivity contribution in [1.29, 1.82) is 0 Å². The minimum Gasteiger partial charge on any atom is -0.508 e. The van der Waals surface area contributed by atoms with Gasteiger partial charge in [0, 0.05) is 11.6 Å². The van der Waals surface area contributed by atoms with E-state index in [0.29, 0.717) is 12.8 Å². The highest BCUT2D eigenvalue weighted by molar-refractivity contribution is 5.91. The van der Waals surface area contributed by atoms with Gasteiger partial charge in [-0.25, -0.2) is 4.68 Å². The molecule has 0 amide bonds. The number of ether oxygens (including phenoxy) is 2. The van der Waals surface area contributed by atoms with Crippen LogP contribution in [-0.4, -0.2) is 61.6 Å². The van der Waals surface area contributed by atoms with Gasteiger partial charge < -0.3 is 24.8 Å². The quantitative estimate of drug-likeness (QED) is 0.568. The minimum absolute atomic E-state index is 0.0447. The molecule has 1 saturated heterocycles. The summed E-state index contributed by atoms with van der Waals surface area (Å²) in [6.45, 7) is 5.60. The second kappa shape index (κ2) is 8.01. The van der Waals surface area contributed by atoms with Gasteiger partial charge in [0.05, 0.1) is 23.6 Å². The monoisotopic (exact) mass is 520 g/mol. The first-order valence-electron chi connectivity index (χ1n) is 13.9. The maximum absolute atomic E-state index is 13.3. The van der Waals surface area contributed by atoms with E-state index in [0.717, 1.165) is 36.2 Å². The van der Waals surface area contributed by atoms with E-state index < -0.39 is 36.1 Å². The zero-order valence-corrected chi connectivity index (χ0v) is 22.1. The topological polar surface area (TPSA) is 114 Å². The molecule has 8 nitrogen and oxygen atoms in total. The first kappa shape index (κ1) is 24.5. The molecule has 3 N–H and O–H groups in total. The van der Waals surface area contributed by atoms with Gasteiger partial charge in [-0.1, -0.05) is 19.4 Å². The van der Waals surface area contributed by atoms with E-state index >= 15 is 0 Å². The van der Waals surface area contributed by atoms with Gasteiger partial charge in [0.2, 0.25) is 0 Å². The van der Waals surface area contributed by atoms with Crippen LogP contribution in [0.1, 0.15) is 57.7 Å². The molecule has 7 rings (SSSR count). The largest absolute Gasteiger partial charge is 0.508 e. The molecule has 1 aliphatic heterocycles. The van der Waals surface area contributed by atoms with E-state index in [-0.39, 0.29) is 34.7 Å². The van der Waals surface area contributed by atoms with Crippen molar-refractivity contribution in [1.82, 2.24) is 9.78 Å². The van der Waals surface area contributed by atoms with Crippen molar-refractivity contribution in [2.24, 2.45) is 28.6 Å². The van der Waals surface area contributed by atoms with Crippen molar-refractivity contribution < 1.29 is 29.6 Å². The van der Waals surface area contributed by atoms with Gasteiger partial charge in [0.1, 0.15) is 12.4 Å². The van der Waals surface area contributed by atoms with Crippen LogP contribution in [0.5, 0.6) is 5.75 Å². The minimum atomic E-state index is -1.21. The molecule has 0 radical (unpaired) electrons. The van der Waals surface area contributed by atoms with Crippen LogP contribution in [0, 0.1) is 28.6 Å². The number of ketones is 1. The number of aromatic nitrogens is 2. The highest BCUT2D eigenvalue weighted by Gasteiger charge is 2.75. The molecule has 202 valence electrons. The second-order valence-electron chi connectivity index (χ2n) is 12.7. The van der Waals surface area contributed by atoms with Gasteiger partial charge in [0.15, 0.2) is 17.7 Å². The van der Waals surface area contributed by atoms with Crippen LogP contribution in [0.25, 0.3) is 11.8 Å². The summed E-state index contributed by atoms with van der Waals surface area (Å²) in [7, 11) is 0. The Labute approximate surface area is 222 Å². The normalized spacial score (nSPS) is 42.9. The molecular formula is C30H36N2O6. The van der Waals surface area contributed by atoms with Crippen LogP contribution >= 0.6 is 0 Å². The van der Waals surface area contributed by atoms with Crippen LogP contribution in [0.2, 0.25) is 0 Å². The number of Topliss-reactive ketones (excluding diaryl/α,β-unsaturated/α-hetero) is 1. The van der Waals surface area contributed by atoms with Crippen molar-refractivity contribution in [3.63, 3.8) is 0 Å². The molecule has 1 unspecified atom stereocenters. The molecule has 5 aliphatic rings. The molecule has 2 aromatic rings. The molecule has 0 spiro atoms. The van der Waals surface area contributed by atoms with Gasteiger partial charge in [-0.05, 0) is 98.1 Å². The van der Waals surface area contributed by atoms with E-state index in [4.69, 9.17) is 14.6 Å². The second-order valence-corrected chi connectivity index (χ2v) is 12.7. The number of carbonyl (C=O) groups is 1. The fourth-order valence-corrected chi connectivity index (χ4v) is 9.46. The third-order valence-electron chi connectivity index (χ3n) is 10.9. The number of phenolic OH excluding ortho intramolecular Hbond substituents is 1. The van der Waals surface area contributed by atoms with Crippen molar-refractivity contribution in [2.45, 2.75) is 77.0 Å². The Morgan fingerprint density at radius 1 is 1.24 bits per heavy atom. The van der Waals surface area contributed by atoms with E-state index in [2.05, 4.69) is 26.1 Å². The average molecular weight is 521 g/mol. The van der Waals surface area contributed by atoms with Crippen molar-refractivity contribution in [3.8, 4) is 11.4 Å². The van der Waals surface area contributed by atoms with Gasteiger partial charge in [-0.2, -0.15) is 5.10 Å². The third kappa shape index (κ3) is 3.00. The van der Waals surface area contributed by atoms with Crippen LogP contribution in [0.4, 0.5) is 0 Å². The van der Waals surface area contributed by atoms with E-state index in [1.54, 1.807) is 12.1 Å². The smallest absolute Gasteiger partial charge is 0.193 e. The summed E-state index contributed by atoms with van der Waals surface area (Å²) >= 11 is 0. The van der Waals surface area contributed by atoms with Crippen LogP contribution in [0.3, 0.4) is 0 Å². The number of allylic oxidation sites excluding steroid dienone is 1. The number of hydrogen-bond acceptors (Lipinski definition) is 7. The number of carbonyl (C=O) groups excluding carboxylic acids is 1. The molecule has 4 aliphatic carbocycles. The fourth-order valence-electron chi connectivity index (χ4n) is 9.46. The highest BCUT2D eigenvalue weighted by atomic mass is 16.7. The molecule has 9 atom stereocenters. The lowest BCUT2D eigenvalue weighted by atomic mass is 9.45. The zero-order valence-electron chi connectivity index (χ0n) is 22.1. The molecule has 4 fully saturated rings. The van der Waals surface area contributed by atoms with Gasteiger partial charge >= 0.3 is 0 Å². The molecule has 2 heterocycles. The number of rotatable bonds is 3. The van der Waals surface area contributed by atoms with E-state index in [9.17, 15) is 20.1 Å². The number of phenols is 1. The number of benzene rings is 1. The van der Waals surface area contributed by atoms with Gasteiger partial charge in [-0.15, -0.1) is 0 Å². The number of aromatic hydroxyl groups is 1. The summed E-state index contributed by atoms with van der Waals surface area (Å²) in [4.78, 5) is 13.3. The molecule has 1 aromatic heterocycles. The summed E-state index contributed by atoms with van der Waals surface area (Å²) in [6, 6.07) is 7.02. The first-order chi connectivity index (χ1) is 18.1. The lowest BCUT2D eigenvalue weighted by molar-refractivity contribution is -0.199. The Balaban J connectivity index is 1.25. The molecule has 0 bridgehead atoms. The fraction of sp³-hybridized carbons (Fsp3) is 0.600. The predicted octanol–water partition coefficient (Wildman–Crippen LogP) is 3.40. The maximum atomic E-state index is 13.3. The van der Waals surface area contributed by atoms with Crippen LogP contribution < -0.4 is 0 Å². The summed E-state index contributed by atoms with van der Waals surface area (Å²) < 4.78 is 14.3. The Hall–Kier alpha value is -2.52. The predicted molar refractivity (Wildman–Crippen MR) is 138 cm³/mol. The lowest BCUT2D eigenvalue weighted by Gasteiger charge is -2.60. The van der Waals surface area contributed by atoms with Gasteiger partial charge in [-0.3, -0.25) is 4.79 Å². The summed E-state index contributed by atoms with van der Waals surface area (Å²) in [5, 5.41) is 36.3. The number of nitrogens with zero attached hydrogens (tertiary/aromatic N) is 2. The Morgan fingerprint density at radius 3 is 2.74 bits per heavy atom. The van der Waals surface area contributed by atoms with E-state index in [1.807, 2.05) is 23.7 Å². The SMILES string of the molecule is CC1O[C@@H]2C[C@H]3[C@@H]4CCC5=Cc6nn(-c7ccc(O)cc7)cc6C[C@]5(C)[C@H]4[C@@H](O)C[C@]3(C)[C@]2(C(=O)CO)O1. The van der Waals surface area contributed by atoms with Gasteiger partial charge in [0.25, 0.3) is 0 Å². The highest BCUT2D eigenvalue weighted by Crippen LogP contribution is 2.70. The first-order valence-corrected chi connectivity index (χ1v) is 13.9.